The SMILES string of the molecule is C#C[C@@]1(F)[C@H](O)[C@@H](CO[P+](=O)N[C@H](C)C(=O)OC(C)C)O[C@H]1n1cnc2c(NC3CC3)nc(N)nc21. The normalized spacial score (nSPS) is 27.1. The minimum absolute atomic E-state index is 0.0656. The van der Waals surface area contributed by atoms with Crippen molar-refractivity contribution in [3.8, 4) is 12.3 Å². The van der Waals surface area contributed by atoms with Gasteiger partial charge in [-0.05, 0) is 38.2 Å². The number of terminal acetylenes is 1. The number of aromatic nitrogens is 4. The fourth-order valence-corrected chi connectivity index (χ4v) is 4.44. The zero-order chi connectivity index (χ0) is 26.2. The van der Waals surface area contributed by atoms with E-state index in [1.165, 1.54) is 17.8 Å². The lowest BCUT2D eigenvalue weighted by Gasteiger charge is -2.23. The number of aliphatic hydroxyl groups is 1. The molecule has 194 valence electrons. The number of ether oxygens (including phenoxy) is 2. The van der Waals surface area contributed by atoms with Gasteiger partial charge in [0.1, 0.15) is 24.9 Å². The maximum atomic E-state index is 15.9. The Kier molecular flexibility index (Phi) is 7.40. The number of nitrogens with zero attached hydrogens (tertiary/aromatic N) is 4. The molecule has 0 amide bonds. The van der Waals surface area contributed by atoms with E-state index in [4.69, 9.17) is 26.2 Å². The third-order valence-electron chi connectivity index (χ3n) is 5.64. The number of halogens is 1. The summed E-state index contributed by atoms with van der Waals surface area (Å²) in [5.41, 5.74) is 3.65. The second-order valence-corrected chi connectivity index (χ2v) is 9.98. The smallest absolute Gasteiger partial charge is 0.462 e. The molecule has 1 unspecified atom stereocenters. The molecular weight excluding hydrogens is 496 g/mol. The van der Waals surface area contributed by atoms with Crippen molar-refractivity contribution in [1.82, 2.24) is 24.6 Å². The van der Waals surface area contributed by atoms with Crippen LogP contribution in [0.1, 0.15) is 39.8 Å². The molecule has 3 heterocycles. The average molecular weight is 524 g/mol. The molecule has 36 heavy (non-hydrogen) atoms. The number of esters is 1. The van der Waals surface area contributed by atoms with Crippen LogP contribution in [0.5, 0.6) is 0 Å². The number of carbonyl (C=O) groups excluding carboxylic acids is 1. The van der Waals surface area contributed by atoms with Gasteiger partial charge < -0.3 is 25.6 Å². The van der Waals surface area contributed by atoms with E-state index in [0.717, 1.165) is 12.8 Å². The van der Waals surface area contributed by atoms with E-state index < -0.39 is 50.9 Å². The van der Waals surface area contributed by atoms with E-state index in [1.54, 1.807) is 13.8 Å². The summed E-state index contributed by atoms with van der Waals surface area (Å²) in [5.74, 6) is 1.68. The van der Waals surface area contributed by atoms with Crippen LogP contribution in [0.4, 0.5) is 16.2 Å². The van der Waals surface area contributed by atoms with E-state index in [0.29, 0.717) is 11.3 Å². The van der Waals surface area contributed by atoms with Crippen LogP contribution in [0.25, 0.3) is 11.2 Å². The molecule has 0 radical (unpaired) electrons. The lowest BCUT2D eigenvalue weighted by atomic mass is 9.97. The van der Waals surface area contributed by atoms with Crippen LogP contribution in [-0.2, 0) is 23.4 Å². The molecule has 2 aromatic rings. The second-order valence-electron chi connectivity index (χ2n) is 8.95. The summed E-state index contributed by atoms with van der Waals surface area (Å²) in [6.07, 6.45) is 3.67. The van der Waals surface area contributed by atoms with E-state index in [2.05, 4.69) is 25.4 Å². The van der Waals surface area contributed by atoms with Gasteiger partial charge in [-0.2, -0.15) is 9.97 Å². The molecule has 0 aromatic carbocycles. The first kappa shape index (κ1) is 26.1. The van der Waals surface area contributed by atoms with Crippen molar-refractivity contribution in [2.75, 3.05) is 17.7 Å². The van der Waals surface area contributed by atoms with E-state index >= 15 is 4.39 Å². The molecule has 6 atom stereocenters. The van der Waals surface area contributed by atoms with Crippen LogP contribution in [-0.4, -0.2) is 73.3 Å². The third-order valence-corrected chi connectivity index (χ3v) is 6.62. The van der Waals surface area contributed by atoms with Gasteiger partial charge in [-0.15, -0.1) is 10.9 Å². The van der Waals surface area contributed by atoms with E-state index in [1.807, 2.05) is 5.92 Å². The first-order valence-corrected chi connectivity index (χ1v) is 12.5. The Labute approximate surface area is 207 Å². The zero-order valence-corrected chi connectivity index (χ0v) is 20.8. The quantitative estimate of drug-likeness (QED) is 0.199. The summed E-state index contributed by atoms with van der Waals surface area (Å²) in [5, 5.41) is 16.3. The second kappa shape index (κ2) is 10.2. The topological polar surface area (TPSA) is 176 Å². The highest BCUT2D eigenvalue weighted by Gasteiger charge is 2.58. The summed E-state index contributed by atoms with van der Waals surface area (Å²) in [6.45, 7) is 4.32. The van der Waals surface area contributed by atoms with Gasteiger partial charge >= 0.3 is 14.1 Å². The molecule has 5 N–H and O–H groups in total. The predicted octanol–water partition coefficient (Wildman–Crippen LogP) is 1.19. The van der Waals surface area contributed by atoms with Crippen LogP contribution in [0.15, 0.2) is 6.33 Å². The molecule has 0 spiro atoms. The molecule has 13 nitrogen and oxygen atoms in total. The number of alkyl halides is 1. The highest BCUT2D eigenvalue weighted by atomic mass is 31.1. The van der Waals surface area contributed by atoms with Gasteiger partial charge in [0, 0.05) is 6.04 Å². The van der Waals surface area contributed by atoms with Crippen molar-refractivity contribution in [1.29, 1.82) is 0 Å². The zero-order valence-electron chi connectivity index (χ0n) is 19.9. The Morgan fingerprint density at radius 2 is 2.19 bits per heavy atom. The van der Waals surface area contributed by atoms with Crippen molar-refractivity contribution >= 4 is 37.1 Å². The van der Waals surface area contributed by atoms with E-state index in [9.17, 15) is 14.5 Å². The number of anilines is 2. The summed E-state index contributed by atoms with van der Waals surface area (Å²) in [6, 6.07) is -0.680. The first-order chi connectivity index (χ1) is 17.0. The summed E-state index contributed by atoms with van der Waals surface area (Å²) in [7, 11) is -2.58. The molecule has 1 saturated carbocycles. The lowest BCUT2D eigenvalue weighted by molar-refractivity contribution is -0.149. The number of nitrogen functional groups attached to an aromatic ring is 1. The molecule has 1 saturated heterocycles. The molecule has 1 aliphatic heterocycles. The Bertz CT molecular complexity index is 1200. The van der Waals surface area contributed by atoms with Gasteiger partial charge in [-0.3, -0.25) is 9.36 Å². The summed E-state index contributed by atoms with van der Waals surface area (Å²) in [4.78, 5) is 24.5. The number of nitrogens with two attached hydrogens (primary N) is 1. The summed E-state index contributed by atoms with van der Waals surface area (Å²) < 4.78 is 45.3. The van der Waals surface area contributed by atoms with Crippen LogP contribution in [0.3, 0.4) is 0 Å². The number of nitrogens with one attached hydrogen (secondary N) is 2. The van der Waals surface area contributed by atoms with Gasteiger partial charge in [0.2, 0.25) is 11.6 Å². The molecule has 2 aliphatic rings. The number of rotatable bonds is 10. The maximum Gasteiger partial charge on any atom is 0.613 e. The standard InChI is InChI=1S/C21H28FN7O6P/c1-5-21(22)15(30)13(8-33-36(32)28-11(4)18(31)34-10(2)3)35-19(21)29-9-24-14-16(25-12-6-7-12)26-20(23)27-17(14)29/h1,9-13,15,19,30H,6-8H2,2-4H3,(H,28,32)(H3,23,25,26,27)/q+1/t11-,13-,15-,19-,21-/m1/s1. The number of fused-ring (bicyclic) bond motifs is 1. The third kappa shape index (κ3) is 5.25. The van der Waals surface area contributed by atoms with Crippen LogP contribution in [0, 0.1) is 12.3 Å². The van der Waals surface area contributed by atoms with Crippen molar-refractivity contribution in [2.45, 2.75) is 75.9 Å². The fraction of sp³-hybridized carbons (Fsp3) is 0.619. The van der Waals surface area contributed by atoms with Crippen molar-refractivity contribution < 1.29 is 32.9 Å². The highest BCUT2D eigenvalue weighted by Crippen LogP contribution is 2.43. The largest absolute Gasteiger partial charge is 0.613 e. The fourth-order valence-electron chi connectivity index (χ4n) is 3.66. The molecular formula is C21H28FN7O6P+. The maximum absolute atomic E-state index is 15.9. The number of carbonyl (C=O) groups is 1. The number of aliphatic hydroxyl groups excluding tert-OH is 1. The number of hydrogen-bond donors (Lipinski definition) is 4. The van der Waals surface area contributed by atoms with Gasteiger partial charge in [0.05, 0.1) is 12.4 Å². The predicted molar refractivity (Wildman–Crippen MR) is 126 cm³/mol. The average Bonchev–Trinajstić information content (AvgIpc) is 3.48. The Hall–Kier alpha value is -2.95. The monoisotopic (exact) mass is 524 g/mol. The van der Waals surface area contributed by atoms with Gasteiger partial charge in [0.15, 0.2) is 23.2 Å². The molecule has 4 rings (SSSR count). The van der Waals surface area contributed by atoms with Crippen LogP contribution < -0.4 is 16.1 Å². The molecule has 1 aliphatic carbocycles. The van der Waals surface area contributed by atoms with Gasteiger partial charge in [-0.25, -0.2) is 9.37 Å². The van der Waals surface area contributed by atoms with Crippen LogP contribution in [0.2, 0.25) is 0 Å². The van der Waals surface area contributed by atoms with Gasteiger partial charge in [-0.1, -0.05) is 11.0 Å². The minimum Gasteiger partial charge on any atom is -0.462 e. The Morgan fingerprint density at radius 3 is 2.83 bits per heavy atom. The molecule has 0 bridgehead atoms. The number of hydrogen-bond acceptors (Lipinski definition) is 11. The summed E-state index contributed by atoms with van der Waals surface area (Å²) >= 11 is 0. The molecule has 2 aromatic heterocycles. The Morgan fingerprint density at radius 1 is 1.47 bits per heavy atom. The van der Waals surface area contributed by atoms with Crippen molar-refractivity contribution in [2.24, 2.45) is 0 Å². The van der Waals surface area contributed by atoms with Crippen molar-refractivity contribution in [3.63, 3.8) is 0 Å². The first-order valence-electron chi connectivity index (χ1n) is 11.4. The van der Waals surface area contributed by atoms with E-state index in [-0.39, 0.29) is 23.7 Å². The minimum atomic E-state index is -2.70. The van der Waals surface area contributed by atoms with Crippen LogP contribution >= 0.6 is 8.18 Å². The highest BCUT2D eigenvalue weighted by molar-refractivity contribution is 7.36. The number of imidazole rings is 1. The van der Waals surface area contributed by atoms with Gasteiger partial charge in [0.25, 0.3) is 0 Å². The lowest BCUT2D eigenvalue weighted by Crippen LogP contribution is -2.42. The van der Waals surface area contributed by atoms with Crippen molar-refractivity contribution in [3.05, 3.63) is 6.33 Å². The molecule has 2 fully saturated rings. The molecule has 15 heteroatoms. The Balaban J connectivity index is 1.49.